The molecular formula is C18H12S. The van der Waals surface area contributed by atoms with Crippen LogP contribution in [0.2, 0.25) is 0 Å². The minimum Gasteiger partial charge on any atom is -0.144 e. The van der Waals surface area contributed by atoms with E-state index in [0.717, 1.165) is 0 Å². The molecule has 1 heteroatoms. The van der Waals surface area contributed by atoms with Crippen LogP contribution in [0, 0.1) is 0 Å². The van der Waals surface area contributed by atoms with E-state index in [2.05, 4.69) is 72.1 Å². The molecule has 0 aliphatic heterocycles. The molecule has 0 fully saturated rings. The van der Waals surface area contributed by atoms with Crippen molar-refractivity contribution in [2.24, 2.45) is 0 Å². The highest BCUT2D eigenvalue weighted by atomic mass is 32.1. The average molecular weight is 260 g/mol. The lowest BCUT2D eigenvalue weighted by Gasteiger charge is -2.04. The van der Waals surface area contributed by atoms with E-state index in [-0.39, 0.29) is 0 Å². The Bertz CT molecular complexity index is 857. The van der Waals surface area contributed by atoms with Crippen LogP contribution in [0.5, 0.6) is 0 Å². The van der Waals surface area contributed by atoms with E-state index >= 15 is 0 Å². The Morgan fingerprint density at radius 2 is 1.32 bits per heavy atom. The second kappa shape index (κ2) is 4.22. The topological polar surface area (TPSA) is 0 Å². The lowest BCUT2D eigenvalue weighted by atomic mass is 10.0. The van der Waals surface area contributed by atoms with Gasteiger partial charge in [0.25, 0.3) is 0 Å². The maximum atomic E-state index is 2.29. The van der Waals surface area contributed by atoms with Crippen molar-refractivity contribution in [3.05, 3.63) is 72.1 Å². The molecule has 0 bridgehead atoms. The molecule has 1 heterocycles. The van der Waals surface area contributed by atoms with Crippen LogP contribution < -0.4 is 0 Å². The zero-order chi connectivity index (χ0) is 12.7. The Kier molecular flexibility index (Phi) is 2.39. The number of rotatable bonds is 1. The zero-order valence-electron chi connectivity index (χ0n) is 10.3. The lowest BCUT2D eigenvalue weighted by Crippen LogP contribution is -1.78. The van der Waals surface area contributed by atoms with Crippen molar-refractivity contribution in [1.29, 1.82) is 0 Å². The van der Waals surface area contributed by atoms with Gasteiger partial charge in [0.05, 0.1) is 0 Å². The van der Waals surface area contributed by atoms with Crippen LogP contribution in [-0.4, -0.2) is 0 Å². The summed E-state index contributed by atoms with van der Waals surface area (Å²) in [5, 5.41) is 7.35. The van der Waals surface area contributed by atoms with E-state index in [1.165, 1.54) is 32.0 Å². The summed E-state index contributed by atoms with van der Waals surface area (Å²) in [6, 6.07) is 24.1. The summed E-state index contributed by atoms with van der Waals surface area (Å²) in [4.78, 5) is 1.33. The first kappa shape index (κ1) is 10.8. The highest BCUT2D eigenvalue weighted by Crippen LogP contribution is 2.30. The molecule has 0 amide bonds. The summed E-state index contributed by atoms with van der Waals surface area (Å²) in [7, 11) is 0. The summed E-state index contributed by atoms with van der Waals surface area (Å²) in [5.74, 6) is 0. The van der Waals surface area contributed by atoms with Crippen molar-refractivity contribution >= 4 is 32.9 Å². The SMILES string of the molecule is c1csc(-c2ccc3cc4ccccc4cc3c2)c1. The van der Waals surface area contributed by atoms with Crippen molar-refractivity contribution in [1.82, 2.24) is 0 Å². The molecule has 3 aromatic carbocycles. The minimum atomic E-state index is 1.30. The summed E-state index contributed by atoms with van der Waals surface area (Å²) in [6.45, 7) is 0. The van der Waals surface area contributed by atoms with Gasteiger partial charge in [-0.25, -0.2) is 0 Å². The summed E-state index contributed by atoms with van der Waals surface area (Å²) in [5.41, 5.74) is 1.30. The number of hydrogen-bond acceptors (Lipinski definition) is 1. The van der Waals surface area contributed by atoms with Gasteiger partial charge in [-0.3, -0.25) is 0 Å². The van der Waals surface area contributed by atoms with E-state index in [1.807, 2.05) is 0 Å². The van der Waals surface area contributed by atoms with Gasteiger partial charge < -0.3 is 0 Å². The fraction of sp³-hybridized carbons (Fsp3) is 0. The van der Waals surface area contributed by atoms with Gasteiger partial charge in [-0.1, -0.05) is 42.5 Å². The Morgan fingerprint density at radius 1 is 0.579 bits per heavy atom. The van der Waals surface area contributed by atoms with Crippen LogP contribution >= 0.6 is 11.3 Å². The number of thiophene rings is 1. The van der Waals surface area contributed by atoms with Gasteiger partial charge in [0.15, 0.2) is 0 Å². The van der Waals surface area contributed by atoms with Gasteiger partial charge in [0.1, 0.15) is 0 Å². The molecule has 0 atom stereocenters. The molecule has 4 aromatic rings. The maximum absolute atomic E-state index is 2.29. The third kappa shape index (κ3) is 1.83. The van der Waals surface area contributed by atoms with Crippen molar-refractivity contribution < 1.29 is 0 Å². The molecule has 4 rings (SSSR count). The second-order valence-electron chi connectivity index (χ2n) is 4.74. The number of fused-ring (bicyclic) bond motifs is 2. The van der Waals surface area contributed by atoms with Crippen LogP contribution in [0.25, 0.3) is 32.0 Å². The highest BCUT2D eigenvalue weighted by Gasteiger charge is 2.02. The predicted octanol–water partition coefficient (Wildman–Crippen LogP) is 5.72. The molecule has 0 nitrogen and oxygen atoms in total. The molecule has 0 aliphatic rings. The predicted molar refractivity (Wildman–Crippen MR) is 84.8 cm³/mol. The Balaban J connectivity index is 2.00. The van der Waals surface area contributed by atoms with E-state index in [0.29, 0.717) is 0 Å². The van der Waals surface area contributed by atoms with E-state index < -0.39 is 0 Å². The normalized spacial score (nSPS) is 11.2. The molecule has 0 spiro atoms. The van der Waals surface area contributed by atoms with Crippen molar-refractivity contribution in [3.8, 4) is 10.4 Å². The van der Waals surface area contributed by atoms with Gasteiger partial charge in [-0.2, -0.15) is 0 Å². The fourth-order valence-electron chi connectivity index (χ4n) is 2.54. The first-order valence-corrected chi connectivity index (χ1v) is 7.24. The van der Waals surface area contributed by atoms with Crippen LogP contribution in [0.1, 0.15) is 0 Å². The van der Waals surface area contributed by atoms with Crippen molar-refractivity contribution in [3.63, 3.8) is 0 Å². The maximum Gasteiger partial charge on any atom is 0.0342 e. The van der Waals surface area contributed by atoms with Gasteiger partial charge in [-0.15, -0.1) is 11.3 Å². The first-order valence-electron chi connectivity index (χ1n) is 6.37. The monoisotopic (exact) mass is 260 g/mol. The first-order chi connectivity index (χ1) is 9.40. The molecule has 0 unspecified atom stereocenters. The number of hydrogen-bond donors (Lipinski definition) is 0. The van der Waals surface area contributed by atoms with E-state index in [4.69, 9.17) is 0 Å². The van der Waals surface area contributed by atoms with Crippen molar-refractivity contribution in [2.75, 3.05) is 0 Å². The molecule has 0 saturated carbocycles. The summed E-state index contributed by atoms with van der Waals surface area (Å²) >= 11 is 1.79. The fourth-order valence-corrected chi connectivity index (χ4v) is 3.26. The summed E-state index contributed by atoms with van der Waals surface area (Å²) < 4.78 is 0. The van der Waals surface area contributed by atoms with Crippen LogP contribution in [0.15, 0.2) is 72.1 Å². The van der Waals surface area contributed by atoms with Gasteiger partial charge in [-0.05, 0) is 56.8 Å². The smallest absolute Gasteiger partial charge is 0.0342 e. The molecule has 1 aromatic heterocycles. The third-order valence-corrected chi connectivity index (χ3v) is 4.43. The van der Waals surface area contributed by atoms with E-state index in [9.17, 15) is 0 Å². The third-order valence-electron chi connectivity index (χ3n) is 3.51. The second-order valence-corrected chi connectivity index (χ2v) is 5.69. The lowest BCUT2D eigenvalue weighted by molar-refractivity contribution is 1.75. The standard InChI is InChI=1S/C18H12S/c1-2-5-14-11-17-12-16(18-6-3-9-19-18)8-7-15(17)10-13(14)4-1/h1-12H. The Morgan fingerprint density at radius 3 is 2.05 bits per heavy atom. The van der Waals surface area contributed by atoms with Crippen LogP contribution in [0.4, 0.5) is 0 Å². The van der Waals surface area contributed by atoms with Crippen molar-refractivity contribution in [2.45, 2.75) is 0 Å². The Labute approximate surface area is 115 Å². The van der Waals surface area contributed by atoms with Crippen LogP contribution in [0.3, 0.4) is 0 Å². The summed E-state index contributed by atoms with van der Waals surface area (Å²) in [6.07, 6.45) is 0. The number of benzene rings is 3. The quantitative estimate of drug-likeness (QED) is 0.384. The molecule has 90 valence electrons. The van der Waals surface area contributed by atoms with Gasteiger partial charge in [0.2, 0.25) is 0 Å². The van der Waals surface area contributed by atoms with Gasteiger partial charge >= 0.3 is 0 Å². The Hall–Kier alpha value is -2.12. The molecule has 0 radical (unpaired) electrons. The van der Waals surface area contributed by atoms with Crippen LogP contribution in [-0.2, 0) is 0 Å². The molecule has 0 aliphatic carbocycles. The molecule has 0 N–H and O–H groups in total. The highest BCUT2D eigenvalue weighted by molar-refractivity contribution is 7.13. The molecule has 19 heavy (non-hydrogen) atoms. The molecular weight excluding hydrogens is 248 g/mol. The van der Waals surface area contributed by atoms with Gasteiger partial charge in [0, 0.05) is 4.88 Å². The molecule has 0 saturated heterocycles. The largest absolute Gasteiger partial charge is 0.144 e. The minimum absolute atomic E-state index is 1.30. The van der Waals surface area contributed by atoms with E-state index in [1.54, 1.807) is 11.3 Å². The average Bonchev–Trinajstić information content (AvgIpc) is 2.98. The zero-order valence-corrected chi connectivity index (χ0v) is 11.2.